The van der Waals surface area contributed by atoms with Crippen molar-refractivity contribution < 1.29 is 22.8 Å². The number of fused-ring (bicyclic) bond motifs is 1. The largest absolute Gasteiger partial charge is 0.433 e. The van der Waals surface area contributed by atoms with E-state index in [2.05, 4.69) is 10.1 Å². The van der Waals surface area contributed by atoms with Crippen LogP contribution in [-0.4, -0.2) is 56.3 Å². The average molecular weight is 409 g/mol. The number of nitrogens with zero attached hydrogens (tertiary/aromatic N) is 5. The first-order valence-electron chi connectivity index (χ1n) is 9.70. The molecule has 0 bridgehead atoms. The van der Waals surface area contributed by atoms with Crippen LogP contribution >= 0.6 is 0 Å². The molecule has 2 aromatic heterocycles. The predicted octanol–water partition coefficient (Wildman–Crippen LogP) is 2.45. The first-order chi connectivity index (χ1) is 13.7. The van der Waals surface area contributed by atoms with Crippen molar-refractivity contribution in [2.24, 2.45) is 5.92 Å². The lowest BCUT2D eigenvalue weighted by Crippen LogP contribution is -2.36. The molecule has 4 rings (SSSR count). The molecule has 2 saturated heterocycles. The number of amides is 2. The minimum atomic E-state index is -4.56. The van der Waals surface area contributed by atoms with E-state index in [1.165, 1.54) is 11.0 Å². The fourth-order valence-electron chi connectivity index (χ4n) is 4.19. The monoisotopic (exact) mass is 409 g/mol. The third-order valence-corrected chi connectivity index (χ3v) is 5.72. The van der Waals surface area contributed by atoms with Gasteiger partial charge in [0.1, 0.15) is 5.69 Å². The minimum absolute atomic E-state index is 0.0714. The second-order valence-corrected chi connectivity index (χ2v) is 7.69. The highest BCUT2D eigenvalue weighted by molar-refractivity contribution is 5.89. The van der Waals surface area contributed by atoms with Crippen LogP contribution in [0.4, 0.5) is 13.2 Å². The molecule has 0 aromatic carbocycles. The Labute approximate surface area is 165 Å². The molecule has 0 saturated carbocycles. The van der Waals surface area contributed by atoms with Gasteiger partial charge in [-0.2, -0.15) is 18.3 Å². The van der Waals surface area contributed by atoms with Crippen LogP contribution in [-0.2, 0) is 22.2 Å². The number of hydrogen-bond donors (Lipinski definition) is 0. The van der Waals surface area contributed by atoms with Crippen molar-refractivity contribution in [2.75, 3.05) is 20.1 Å². The summed E-state index contributed by atoms with van der Waals surface area (Å²) in [6.07, 6.45) is -2.66. The molecule has 0 N–H and O–H groups in total. The smallest absolute Gasteiger partial charge is 0.345 e. The van der Waals surface area contributed by atoms with Gasteiger partial charge in [0, 0.05) is 38.3 Å². The lowest BCUT2D eigenvalue weighted by molar-refractivity contribution is -0.143. The molecule has 2 fully saturated rings. The van der Waals surface area contributed by atoms with Crippen LogP contribution in [0, 0.1) is 5.92 Å². The Balaban J connectivity index is 1.68. The maximum Gasteiger partial charge on any atom is 0.433 e. The topological polar surface area (TPSA) is 70.8 Å². The Bertz CT molecular complexity index is 971. The third kappa shape index (κ3) is 3.44. The zero-order valence-corrected chi connectivity index (χ0v) is 16.2. The average Bonchev–Trinajstić information content (AvgIpc) is 3.37. The molecule has 4 heterocycles. The highest BCUT2D eigenvalue weighted by atomic mass is 19.4. The number of aryl methyl sites for hydroxylation is 1. The van der Waals surface area contributed by atoms with Gasteiger partial charge < -0.3 is 9.80 Å². The van der Waals surface area contributed by atoms with Crippen molar-refractivity contribution in [1.29, 1.82) is 0 Å². The van der Waals surface area contributed by atoms with Gasteiger partial charge in [0.05, 0.1) is 17.7 Å². The molecule has 156 valence electrons. The van der Waals surface area contributed by atoms with Crippen molar-refractivity contribution >= 4 is 17.5 Å². The van der Waals surface area contributed by atoms with E-state index in [0.717, 1.165) is 17.0 Å². The Hall–Kier alpha value is -2.65. The van der Waals surface area contributed by atoms with Crippen molar-refractivity contribution in [2.45, 2.75) is 44.8 Å². The number of carbonyl (C=O) groups is 2. The van der Waals surface area contributed by atoms with E-state index in [1.807, 2.05) is 0 Å². The molecule has 2 aromatic rings. The molecule has 2 amide bonds. The molecule has 10 heteroatoms. The lowest BCUT2D eigenvalue weighted by atomic mass is 10.1. The molecular formula is C19H22F3N5O2. The van der Waals surface area contributed by atoms with Gasteiger partial charge in [0.2, 0.25) is 11.8 Å². The predicted molar refractivity (Wildman–Crippen MR) is 96.8 cm³/mol. The van der Waals surface area contributed by atoms with Crippen molar-refractivity contribution in [1.82, 2.24) is 24.4 Å². The van der Waals surface area contributed by atoms with E-state index in [-0.39, 0.29) is 23.9 Å². The van der Waals surface area contributed by atoms with Crippen molar-refractivity contribution in [3.8, 4) is 0 Å². The number of alkyl halides is 3. The molecule has 29 heavy (non-hydrogen) atoms. The lowest BCUT2D eigenvalue weighted by Gasteiger charge is -2.26. The highest BCUT2D eigenvalue weighted by Gasteiger charge is 2.40. The molecule has 2 unspecified atom stereocenters. The number of hydrogen-bond acceptors (Lipinski definition) is 4. The van der Waals surface area contributed by atoms with E-state index in [4.69, 9.17) is 0 Å². The number of carbonyl (C=O) groups excluding carboxylic acids is 2. The molecular weight excluding hydrogens is 387 g/mol. The molecule has 2 aliphatic heterocycles. The van der Waals surface area contributed by atoms with Crippen LogP contribution in [0.1, 0.15) is 49.3 Å². The first kappa shape index (κ1) is 19.7. The van der Waals surface area contributed by atoms with Gasteiger partial charge in [-0.3, -0.25) is 9.59 Å². The van der Waals surface area contributed by atoms with Crippen LogP contribution in [0.15, 0.2) is 12.1 Å². The van der Waals surface area contributed by atoms with Gasteiger partial charge in [-0.1, -0.05) is 6.92 Å². The zero-order chi connectivity index (χ0) is 20.9. The van der Waals surface area contributed by atoms with E-state index in [9.17, 15) is 22.8 Å². The quantitative estimate of drug-likeness (QED) is 0.781. The summed E-state index contributed by atoms with van der Waals surface area (Å²) in [6.45, 7) is 2.62. The molecule has 0 radical (unpaired) electrons. The highest BCUT2D eigenvalue weighted by Crippen LogP contribution is 2.36. The van der Waals surface area contributed by atoms with Crippen molar-refractivity contribution in [3.63, 3.8) is 0 Å². The maximum atomic E-state index is 13.5. The summed E-state index contributed by atoms with van der Waals surface area (Å²) in [5, 5.41) is 4.19. The van der Waals surface area contributed by atoms with Crippen LogP contribution in [0.25, 0.3) is 5.65 Å². The summed E-state index contributed by atoms with van der Waals surface area (Å²) in [4.78, 5) is 32.2. The van der Waals surface area contributed by atoms with E-state index < -0.39 is 23.8 Å². The van der Waals surface area contributed by atoms with Gasteiger partial charge in [-0.15, -0.1) is 0 Å². The van der Waals surface area contributed by atoms with Crippen LogP contribution in [0.2, 0.25) is 0 Å². The summed E-state index contributed by atoms with van der Waals surface area (Å²) in [5.74, 6) is -0.626. The Morgan fingerprint density at radius 3 is 2.69 bits per heavy atom. The molecule has 7 nitrogen and oxygen atoms in total. The minimum Gasteiger partial charge on any atom is -0.345 e. The first-order valence-corrected chi connectivity index (χ1v) is 9.70. The van der Waals surface area contributed by atoms with Gasteiger partial charge in [0.15, 0.2) is 5.65 Å². The summed E-state index contributed by atoms with van der Waals surface area (Å²) in [7, 11) is 1.66. The van der Waals surface area contributed by atoms with E-state index in [1.54, 1.807) is 18.9 Å². The number of aromatic nitrogens is 3. The summed E-state index contributed by atoms with van der Waals surface area (Å²) < 4.78 is 41.4. The van der Waals surface area contributed by atoms with E-state index >= 15 is 0 Å². The number of halogens is 3. The van der Waals surface area contributed by atoms with Gasteiger partial charge in [-0.05, 0) is 25.3 Å². The van der Waals surface area contributed by atoms with Crippen LogP contribution in [0.5, 0.6) is 0 Å². The Morgan fingerprint density at radius 1 is 1.31 bits per heavy atom. The molecule has 2 aliphatic rings. The Morgan fingerprint density at radius 2 is 2.07 bits per heavy atom. The summed E-state index contributed by atoms with van der Waals surface area (Å²) in [5.41, 5.74) is -0.00541. The van der Waals surface area contributed by atoms with Crippen molar-refractivity contribution in [3.05, 3.63) is 29.2 Å². The molecule has 0 spiro atoms. The fraction of sp³-hybridized carbons (Fsp3) is 0.579. The maximum absolute atomic E-state index is 13.5. The number of likely N-dealkylation sites (tertiary alicyclic amines) is 2. The molecule has 0 aliphatic carbocycles. The number of rotatable bonds is 3. The summed E-state index contributed by atoms with van der Waals surface area (Å²) >= 11 is 0. The zero-order valence-electron chi connectivity index (χ0n) is 16.2. The third-order valence-electron chi connectivity index (χ3n) is 5.72. The van der Waals surface area contributed by atoms with Crippen LogP contribution in [0.3, 0.4) is 0 Å². The SMILES string of the molecule is CCc1cc(C(F)(F)F)n2nc(C3CCCN3C(=O)C3CC(=O)N(C)C3)cc2n1. The molecule has 2 atom stereocenters. The Kier molecular flexibility index (Phi) is 4.74. The van der Waals surface area contributed by atoms with Gasteiger partial charge >= 0.3 is 6.18 Å². The standard InChI is InChI=1S/C19H22F3N5O2/c1-3-12-8-15(19(20,21)22)27-16(23-12)9-13(24-27)14-5-4-6-26(14)18(29)11-7-17(28)25(2)10-11/h8-9,11,14H,3-7,10H2,1-2H3. The van der Waals surface area contributed by atoms with Crippen LogP contribution < -0.4 is 0 Å². The van der Waals surface area contributed by atoms with Gasteiger partial charge in [0.25, 0.3) is 0 Å². The van der Waals surface area contributed by atoms with E-state index in [0.29, 0.717) is 37.3 Å². The second-order valence-electron chi connectivity index (χ2n) is 7.69. The summed E-state index contributed by atoms with van der Waals surface area (Å²) in [6, 6.07) is 2.15. The normalized spacial score (nSPS) is 22.9. The fourth-order valence-corrected chi connectivity index (χ4v) is 4.19. The second kappa shape index (κ2) is 7.00. The van der Waals surface area contributed by atoms with Gasteiger partial charge in [-0.25, -0.2) is 9.50 Å².